The van der Waals surface area contributed by atoms with Gasteiger partial charge in [-0.25, -0.2) is 14.2 Å². The van der Waals surface area contributed by atoms with Crippen molar-refractivity contribution < 1.29 is 18.7 Å². The van der Waals surface area contributed by atoms with E-state index in [-0.39, 0.29) is 32.3 Å². The number of ether oxygens (including phenoxy) is 1. The van der Waals surface area contributed by atoms with Crippen LogP contribution in [0.1, 0.15) is 17.4 Å². The Morgan fingerprint density at radius 2 is 1.88 bits per heavy atom. The molecule has 0 bridgehead atoms. The van der Waals surface area contributed by atoms with E-state index >= 15 is 0 Å². The molecule has 0 unspecified atom stereocenters. The van der Waals surface area contributed by atoms with Crippen LogP contribution in [0.4, 0.5) is 15.8 Å². The van der Waals surface area contributed by atoms with E-state index in [1.807, 2.05) is 0 Å². The fraction of sp³-hybridized carbons (Fsp3) is 0.133. The number of hydrogen-bond acceptors (Lipinski definition) is 5. The number of rotatable bonds is 4. The van der Waals surface area contributed by atoms with Crippen molar-refractivity contribution in [3.05, 3.63) is 51.0 Å². The number of pyridine rings is 1. The minimum atomic E-state index is -1.26. The Morgan fingerprint density at radius 3 is 2.52 bits per heavy atom. The zero-order valence-corrected chi connectivity index (χ0v) is 14.9. The summed E-state index contributed by atoms with van der Waals surface area (Å²) < 4.78 is 18.5. The first-order valence-corrected chi connectivity index (χ1v) is 7.92. The average molecular weight is 407 g/mol. The molecule has 132 valence electrons. The van der Waals surface area contributed by atoms with Crippen LogP contribution in [0, 0.1) is 5.82 Å². The predicted octanol–water partition coefficient (Wildman–Crippen LogP) is 3.95. The number of esters is 1. The molecule has 0 spiro atoms. The molecule has 0 saturated heterocycles. The molecule has 0 aliphatic rings. The monoisotopic (exact) mass is 405 g/mol. The lowest BCUT2D eigenvalue weighted by molar-refractivity contribution is -0.123. The second-order valence-electron chi connectivity index (χ2n) is 4.81. The van der Waals surface area contributed by atoms with Gasteiger partial charge in [0, 0.05) is 0 Å². The maximum atomic E-state index is 13.5. The third-order valence-corrected chi connectivity index (χ3v) is 4.19. The lowest BCUT2D eigenvalue weighted by atomic mass is 10.2. The molecular weight excluding hydrogens is 396 g/mol. The van der Waals surface area contributed by atoms with E-state index < -0.39 is 23.8 Å². The molecule has 0 aliphatic heterocycles. The topological polar surface area (TPSA) is 94.3 Å². The molecule has 0 aliphatic carbocycles. The Bertz CT molecular complexity index is 848. The summed E-state index contributed by atoms with van der Waals surface area (Å²) >= 11 is 17.4. The van der Waals surface area contributed by atoms with Gasteiger partial charge in [-0.15, -0.1) is 0 Å². The smallest absolute Gasteiger partial charge is 0.359 e. The van der Waals surface area contributed by atoms with E-state index in [0.29, 0.717) is 0 Å². The second kappa shape index (κ2) is 7.86. The fourth-order valence-electron chi connectivity index (χ4n) is 1.73. The van der Waals surface area contributed by atoms with E-state index in [0.717, 1.165) is 0 Å². The van der Waals surface area contributed by atoms with E-state index in [9.17, 15) is 14.0 Å². The predicted molar refractivity (Wildman–Crippen MR) is 93.6 cm³/mol. The highest BCUT2D eigenvalue weighted by molar-refractivity contribution is 6.46. The summed E-state index contributed by atoms with van der Waals surface area (Å²) in [5.41, 5.74) is 5.03. The summed E-state index contributed by atoms with van der Waals surface area (Å²) in [4.78, 5) is 27.9. The molecule has 10 heteroatoms. The van der Waals surface area contributed by atoms with E-state index in [2.05, 4.69) is 10.3 Å². The molecule has 1 heterocycles. The normalized spacial score (nSPS) is 11.7. The highest BCUT2D eigenvalue weighted by Crippen LogP contribution is 2.34. The van der Waals surface area contributed by atoms with Gasteiger partial charge < -0.3 is 15.8 Å². The summed E-state index contributed by atoms with van der Waals surface area (Å²) in [5, 5.41) is 1.71. The Labute approximate surface area is 157 Å². The Morgan fingerprint density at radius 1 is 1.24 bits per heavy atom. The van der Waals surface area contributed by atoms with E-state index in [1.54, 1.807) is 0 Å². The number of nitrogen functional groups attached to an aromatic ring is 1. The van der Waals surface area contributed by atoms with Gasteiger partial charge in [-0.05, 0) is 19.1 Å². The molecule has 2 aromatic rings. The van der Waals surface area contributed by atoms with Crippen molar-refractivity contribution in [2.24, 2.45) is 0 Å². The number of carbonyl (C=O) groups is 2. The molecule has 1 amide bonds. The fourth-order valence-corrected chi connectivity index (χ4v) is 2.32. The number of anilines is 2. The van der Waals surface area contributed by atoms with Crippen LogP contribution in [-0.2, 0) is 9.53 Å². The van der Waals surface area contributed by atoms with Crippen molar-refractivity contribution >= 4 is 58.1 Å². The molecule has 1 aromatic carbocycles. The molecule has 0 radical (unpaired) electrons. The maximum absolute atomic E-state index is 13.5. The van der Waals surface area contributed by atoms with Gasteiger partial charge in [0.1, 0.15) is 10.8 Å². The average Bonchev–Trinajstić information content (AvgIpc) is 2.58. The number of amides is 1. The third-order valence-electron chi connectivity index (χ3n) is 3.05. The van der Waals surface area contributed by atoms with E-state index in [4.69, 9.17) is 45.3 Å². The SMILES string of the molecule is C[C@@H](OC(=O)c1nc(Cl)c(Cl)c(N)c1Cl)C(=O)Nc1ccccc1F. The molecule has 25 heavy (non-hydrogen) atoms. The molecule has 6 nitrogen and oxygen atoms in total. The van der Waals surface area contributed by atoms with Crippen molar-refractivity contribution in [2.45, 2.75) is 13.0 Å². The summed E-state index contributed by atoms with van der Waals surface area (Å²) in [6.07, 6.45) is -1.26. The van der Waals surface area contributed by atoms with Crippen LogP contribution >= 0.6 is 34.8 Å². The van der Waals surface area contributed by atoms with Gasteiger partial charge in [0.2, 0.25) is 0 Å². The van der Waals surface area contributed by atoms with Crippen LogP contribution in [-0.4, -0.2) is 23.0 Å². The Hall–Kier alpha value is -2.09. The van der Waals surface area contributed by atoms with Gasteiger partial charge in [-0.2, -0.15) is 0 Å². The summed E-state index contributed by atoms with van der Waals surface area (Å²) in [5.74, 6) is -2.41. The van der Waals surface area contributed by atoms with Crippen molar-refractivity contribution in [1.29, 1.82) is 0 Å². The quantitative estimate of drug-likeness (QED) is 0.592. The highest BCUT2D eigenvalue weighted by Gasteiger charge is 2.25. The van der Waals surface area contributed by atoms with Crippen LogP contribution in [0.15, 0.2) is 24.3 Å². The van der Waals surface area contributed by atoms with Crippen molar-refractivity contribution in [3.8, 4) is 0 Å². The summed E-state index contributed by atoms with van der Waals surface area (Å²) in [6.45, 7) is 1.29. The number of carbonyl (C=O) groups excluding carboxylic acids is 2. The first kappa shape index (κ1) is 19.2. The Kier molecular flexibility index (Phi) is 6.05. The second-order valence-corrected chi connectivity index (χ2v) is 5.92. The first-order chi connectivity index (χ1) is 11.7. The first-order valence-electron chi connectivity index (χ1n) is 6.78. The molecule has 0 saturated carbocycles. The van der Waals surface area contributed by atoms with Gasteiger partial charge >= 0.3 is 5.97 Å². The molecule has 1 aromatic heterocycles. The lowest BCUT2D eigenvalue weighted by Crippen LogP contribution is -2.30. The summed E-state index contributed by atoms with van der Waals surface area (Å²) in [6, 6.07) is 5.54. The van der Waals surface area contributed by atoms with Crippen LogP contribution in [0.5, 0.6) is 0 Å². The van der Waals surface area contributed by atoms with Crippen molar-refractivity contribution in [2.75, 3.05) is 11.1 Å². The number of benzene rings is 1. The maximum Gasteiger partial charge on any atom is 0.359 e. The lowest BCUT2D eigenvalue weighted by Gasteiger charge is -2.15. The number of nitrogens with two attached hydrogens (primary N) is 1. The third kappa shape index (κ3) is 4.31. The highest BCUT2D eigenvalue weighted by atomic mass is 35.5. The number of para-hydroxylation sites is 1. The minimum Gasteiger partial charge on any atom is -0.448 e. The van der Waals surface area contributed by atoms with Crippen LogP contribution in [0.25, 0.3) is 0 Å². The minimum absolute atomic E-state index is 0.0506. The van der Waals surface area contributed by atoms with Gasteiger partial charge in [-0.3, -0.25) is 4.79 Å². The van der Waals surface area contributed by atoms with Gasteiger partial charge in [-0.1, -0.05) is 46.9 Å². The van der Waals surface area contributed by atoms with Gasteiger partial charge in [0.15, 0.2) is 17.0 Å². The van der Waals surface area contributed by atoms with Crippen molar-refractivity contribution in [1.82, 2.24) is 4.98 Å². The number of nitrogens with zero attached hydrogens (tertiary/aromatic N) is 1. The Balaban J connectivity index is 2.13. The number of nitrogens with one attached hydrogen (secondary N) is 1. The summed E-state index contributed by atoms with van der Waals surface area (Å²) in [7, 11) is 0. The van der Waals surface area contributed by atoms with Crippen LogP contribution < -0.4 is 11.1 Å². The van der Waals surface area contributed by atoms with Gasteiger partial charge in [0.05, 0.1) is 16.4 Å². The molecule has 3 N–H and O–H groups in total. The zero-order valence-electron chi connectivity index (χ0n) is 12.6. The van der Waals surface area contributed by atoms with Crippen LogP contribution in [0.3, 0.4) is 0 Å². The molecule has 0 fully saturated rings. The molecular formula is C15H11Cl3FN3O3. The van der Waals surface area contributed by atoms with Crippen LogP contribution in [0.2, 0.25) is 15.2 Å². The van der Waals surface area contributed by atoms with E-state index in [1.165, 1.54) is 31.2 Å². The number of halogens is 4. The molecule has 2 rings (SSSR count). The zero-order chi connectivity index (χ0) is 18.7. The number of hydrogen-bond donors (Lipinski definition) is 2. The molecule has 1 atom stereocenters. The van der Waals surface area contributed by atoms with Crippen molar-refractivity contribution in [3.63, 3.8) is 0 Å². The van der Waals surface area contributed by atoms with Gasteiger partial charge in [0.25, 0.3) is 5.91 Å². The largest absolute Gasteiger partial charge is 0.448 e. The number of aromatic nitrogens is 1. The standard InChI is InChI=1S/C15H11Cl3FN3O3/c1-6(14(23)21-8-5-3-2-4-7(8)19)25-15(24)12-9(16)11(20)10(17)13(18)22-12/h2-6H,1H3,(H2,20,22)(H,21,23)/t6-/m1/s1.